The van der Waals surface area contributed by atoms with E-state index >= 15 is 0 Å². The molecule has 0 atom stereocenters. The Morgan fingerprint density at radius 3 is 2.53 bits per heavy atom. The van der Waals surface area contributed by atoms with Crippen molar-refractivity contribution >= 4 is 11.6 Å². The highest BCUT2D eigenvalue weighted by Crippen LogP contribution is 2.22. The minimum atomic E-state index is -0.988. The Morgan fingerprint density at radius 1 is 1.42 bits per heavy atom. The summed E-state index contributed by atoms with van der Waals surface area (Å²) in [5.74, 6) is -1.12. The minimum Gasteiger partial charge on any atom is -0.484 e. The maximum Gasteiger partial charge on any atom is 0.305 e. The smallest absolute Gasteiger partial charge is 0.305 e. The first-order valence-electron chi connectivity index (χ1n) is 5.84. The zero-order chi connectivity index (χ0) is 14.4. The predicted molar refractivity (Wildman–Crippen MR) is 66.5 cm³/mol. The molecule has 104 valence electrons. The van der Waals surface area contributed by atoms with Crippen molar-refractivity contribution in [2.45, 2.75) is 13.8 Å². The Kier molecular flexibility index (Phi) is 5.23. The molecule has 0 saturated carbocycles. The minimum absolute atomic E-state index is 0.0867. The van der Waals surface area contributed by atoms with E-state index in [1.165, 1.54) is 6.07 Å². The molecule has 0 unspecified atom stereocenters. The van der Waals surface area contributed by atoms with Gasteiger partial charge in [-0.1, -0.05) is 0 Å². The van der Waals surface area contributed by atoms with Gasteiger partial charge < -0.3 is 9.64 Å². The van der Waals surface area contributed by atoms with E-state index in [-0.39, 0.29) is 18.3 Å². The van der Waals surface area contributed by atoms with Crippen molar-refractivity contribution in [1.82, 2.24) is 4.90 Å². The molecule has 1 rings (SSSR count). The van der Waals surface area contributed by atoms with Crippen LogP contribution in [0.3, 0.4) is 0 Å². The Labute approximate surface area is 109 Å². The fraction of sp³-hybridized carbons (Fsp3) is 0.417. The molecule has 0 radical (unpaired) electrons. The summed E-state index contributed by atoms with van der Waals surface area (Å²) in [6, 6.07) is 3.16. The average molecular weight is 270 g/mol. The van der Waals surface area contributed by atoms with Crippen LogP contribution in [0.25, 0.3) is 0 Å². The van der Waals surface area contributed by atoms with Crippen LogP contribution in [-0.2, 0) is 4.79 Å². The van der Waals surface area contributed by atoms with Gasteiger partial charge in [-0.05, 0) is 19.9 Å². The van der Waals surface area contributed by atoms with Crippen molar-refractivity contribution in [1.29, 1.82) is 0 Å². The van der Waals surface area contributed by atoms with Crippen LogP contribution >= 0.6 is 0 Å². The number of rotatable bonds is 6. The summed E-state index contributed by atoms with van der Waals surface area (Å²) >= 11 is 0. The predicted octanol–water partition coefficient (Wildman–Crippen LogP) is 1.98. The number of halogens is 1. The molecule has 1 amide bonds. The molecule has 0 bridgehead atoms. The highest BCUT2D eigenvalue weighted by Gasteiger charge is 2.15. The summed E-state index contributed by atoms with van der Waals surface area (Å²) in [7, 11) is 0. The first-order valence-corrected chi connectivity index (χ1v) is 5.84. The number of ether oxygens (including phenoxy) is 1. The van der Waals surface area contributed by atoms with Crippen LogP contribution in [0.4, 0.5) is 10.1 Å². The topological polar surface area (TPSA) is 72.7 Å². The number of nitro benzene ring substituents is 1. The Balaban J connectivity index is 2.66. The van der Waals surface area contributed by atoms with E-state index in [0.29, 0.717) is 13.1 Å². The van der Waals surface area contributed by atoms with Crippen LogP contribution in [0, 0.1) is 15.9 Å². The van der Waals surface area contributed by atoms with Crippen LogP contribution in [0.2, 0.25) is 0 Å². The second-order valence-corrected chi connectivity index (χ2v) is 3.73. The standard InChI is InChI=1S/C12H15FN2O4/c1-3-14(4-2)12(16)8-19-9-5-6-11(15(17)18)10(13)7-9/h5-7H,3-4,8H2,1-2H3. The molecule has 1 aromatic rings. The van der Waals surface area contributed by atoms with Crippen molar-refractivity contribution in [2.24, 2.45) is 0 Å². The van der Waals surface area contributed by atoms with E-state index in [1.54, 1.807) is 4.90 Å². The van der Waals surface area contributed by atoms with Gasteiger partial charge in [0.1, 0.15) is 5.75 Å². The van der Waals surface area contributed by atoms with Gasteiger partial charge in [-0.15, -0.1) is 0 Å². The van der Waals surface area contributed by atoms with Crippen LogP contribution in [0.5, 0.6) is 5.75 Å². The molecule has 0 N–H and O–H groups in total. The molecular weight excluding hydrogens is 255 g/mol. The van der Waals surface area contributed by atoms with E-state index in [9.17, 15) is 19.3 Å². The fourth-order valence-electron chi connectivity index (χ4n) is 1.54. The van der Waals surface area contributed by atoms with E-state index in [2.05, 4.69) is 0 Å². The Bertz CT molecular complexity index is 475. The average Bonchev–Trinajstić information content (AvgIpc) is 2.37. The van der Waals surface area contributed by atoms with E-state index in [0.717, 1.165) is 12.1 Å². The van der Waals surface area contributed by atoms with Crippen LogP contribution in [-0.4, -0.2) is 35.4 Å². The first kappa shape index (κ1) is 14.9. The quantitative estimate of drug-likeness (QED) is 0.585. The van der Waals surface area contributed by atoms with E-state index < -0.39 is 16.4 Å². The zero-order valence-electron chi connectivity index (χ0n) is 10.8. The lowest BCUT2D eigenvalue weighted by molar-refractivity contribution is -0.387. The molecule has 7 heteroatoms. The largest absolute Gasteiger partial charge is 0.484 e. The molecule has 0 saturated heterocycles. The molecule has 1 aromatic carbocycles. The van der Waals surface area contributed by atoms with E-state index in [1.807, 2.05) is 13.8 Å². The van der Waals surface area contributed by atoms with Crippen molar-refractivity contribution in [2.75, 3.05) is 19.7 Å². The maximum atomic E-state index is 13.3. The highest BCUT2D eigenvalue weighted by molar-refractivity contribution is 5.77. The highest BCUT2D eigenvalue weighted by atomic mass is 19.1. The molecular formula is C12H15FN2O4. The van der Waals surface area contributed by atoms with Gasteiger partial charge in [-0.25, -0.2) is 0 Å². The van der Waals surface area contributed by atoms with Gasteiger partial charge in [-0.3, -0.25) is 14.9 Å². The van der Waals surface area contributed by atoms with E-state index in [4.69, 9.17) is 4.74 Å². The van der Waals surface area contributed by atoms with Crippen molar-refractivity contribution in [3.8, 4) is 5.75 Å². The maximum absolute atomic E-state index is 13.3. The van der Waals surface area contributed by atoms with Gasteiger partial charge in [0.25, 0.3) is 5.91 Å². The molecule has 0 heterocycles. The number of hydrogen-bond acceptors (Lipinski definition) is 4. The molecule has 6 nitrogen and oxygen atoms in total. The van der Waals surface area contributed by atoms with Gasteiger partial charge in [0, 0.05) is 25.2 Å². The number of nitrogens with zero attached hydrogens (tertiary/aromatic N) is 2. The molecule has 0 fully saturated rings. The van der Waals surface area contributed by atoms with Crippen molar-refractivity contribution in [3.63, 3.8) is 0 Å². The van der Waals surface area contributed by atoms with Gasteiger partial charge >= 0.3 is 5.69 Å². The summed E-state index contributed by atoms with van der Waals surface area (Å²) < 4.78 is 18.4. The molecule has 0 aliphatic carbocycles. The summed E-state index contributed by atoms with van der Waals surface area (Å²) in [6.45, 7) is 4.58. The number of hydrogen-bond donors (Lipinski definition) is 0. The Hall–Kier alpha value is -2.18. The van der Waals surface area contributed by atoms with Gasteiger partial charge in [-0.2, -0.15) is 4.39 Å². The monoisotopic (exact) mass is 270 g/mol. The van der Waals surface area contributed by atoms with Crippen molar-refractivity contribution in [3.05, 3.63) is 34.1 Å². The molecule has 0 aliphatic heterocycles. The summed E-state index contributed by atoms with van der Waals surface area (Å²) in [6.07, 6.45) is 0. The molecule has 19 heavy (non-hydrogen) atoms. The number of nitro groups is 1. The second kappa shape index (κ2) is 6.67. The lowest BCUT2D eigenvalue weighted by Gasteiger charge is -2.18. The zero-order valence-corrected chi connectivity index (χ0v) is 10.8. The molecule has 0 spiro atoms. The van der Waals surface area contributed by atoms with Crippen LogP contribution in [0.1, 0.15) is 13.8 Å². The Morgan fingerprint density at radius 2 is 2.05 bits per heavy atom. The summed E-state index contributed by atoms with van der Waals surface area (Å²) in [4.78, 5) is 22.8. The number of benzene rings is 1. The second-order valence-electron chi connectivity index (χ2n) is 3.73. The lowest BCUT2D eigenvalue weighted by atomic mass is 10.3. The lowest BCUT2D eigenvalue weighted by Crippen LogP contribution is -2.34. The number of carbonyl (C=O) groups excluding carboxylic acids is 1. The summed E-state index contributed by atoms with van der Waals surface area (Å²) in [5.41, 5.74) is -0.623. The summed E-state index contributed by atoms with van der Waals surface area (Å²) in [5, 5.41) is 10.4. The van der Waals surface area contributed by atoms with Crippen molar-refractivity contribution < 1.29 is 18.8 Å². The molecule has 0 aromatic heterocycles. The number of amides is 1. The SMILES string of the molecule is CCN(CC)C(=O)COc1ccc([N+](=O)[O-])c(F)c1. The molecule has 0 aliphatic rings. The van der Waals surface area contributed by atoms with Gasteiger partial charge in [0.05, 0.1) is 4.92 Å². The normalized spacial score (nSPS) is 10.1. The number of likely N-dealkylation sites (N-methyl/N-ethyl adjacent to an activating group) is 1. The third-order valence-corrected chi connectivity index (χ3v) is 2.59. The fourth-order valence-corrected chi connectivity index (χ4v) is 1.54. The third-order valence-electron chi connectivity index (χ3n) is 2.59. The van der Waals surface area contributed by atoms with Crippen LogP contribution < -0.4 is 4.74 Å². The van der Waals surface area contributed by atoms with Gasteiger partial charge in [0.15, 0.2) is 6.61 Å². The first-order chi connectivity index (χ1) is 8.99. The van der Waals surface area contributed by atoms with Crippen LogP contribution in [0.15, 0.2) is 18.2 Å². The number of carbonyl (C=O) groups is 1. The third kappa shape index (κ3) is 3.90. The van der Waals surface area contributed by atoms with Gasteiger partial charge in [0.2, 0.25) is 5.82 Å².